The molecular weight excluding hydrogens is 449 g/mol. The Balaban J connectivity index is 1.55. The number of hydrogen-bond acceptors (Lipinski definition) is 6. The highest BCUT2D eigenvalue weighted by Crippen LogP contribution is 2.32. The summed E-state index contributed by atoms with van der Waals surface area (Å²) in [5.74, 6) is 0.0107. The van der Waals surface area contributed by atoms with Crippen LogP contribution in [-0.2, 0) is 6.18 Å². The van der Waals surface area contributed by atoms with Gasteiger partial charge in [-0.15, -0.1) is 0 Å². The number of halogens is 4. The molecule has 4 aromatic rings. The van der Waals surface area contributed by atoms with Crippen molar-refractivity contribution < 1.29 is 18.0 Å². The summed E-state index contributed by atoms with van der Waals surface area (Å²) in [6.45, 7) is 1.62. The Kier molecular flexibility index (Phi) is 5.61. The second-order valence-electron chi connectivity index (χ2n) is 6.67. The minimum atomic E-state index is -4.63. The molecule has 9 nitrogen and oxygen atoms in total. The maximum Gasteiger partial charge on any atom is 0.416 e. The van der Waals surface area contributed by atoms with E-state index in [1.165, 1.54) is 28.3 Å². The fourth-order valence-corrected chi connectivity index (χ4v) is 3.17. The van der Waals surface area contributed by atoms with E-state index < -0.39 is 23.7 Å². The number of nitrogens with one attached hydrogen (secondary N) is 1. The summed E-state index contributed by atoms with van der Waals surface area (Å²) in [6.07, 6.45) is 1.13. The van der Waals surface area contributed by atoms with E-state index in [2.05, 4.69) is 30.5 Å². The molecular formula is C19H14ClF3N8O. The van der Waals surface area contributed by atoms with Crippen molar-refractivity contribution >= 4 is 17.5 Å². The lowest BCUT2D eigenvalue weighted by molar-refractivity contribution is -0.137. The van der Waals surface area contributed by atoms with Crippen molar-refractivity contribution in [2.24, 2.45) is 0 Å². The molecule has 0 aliphatic heterocycles. The summed E-state index contributed by atoms with van der Waals surface area (Å²) in [6, 6.07) is 5.38. The van der Waals surface area contributed by atoms with Gasteiger partial charge in [-0.1, -0.05) is 11.6 Å². The van der Waals surface area contributed by atoms with Gasteiger partial charge >= 0.3 is 6.18 Å². The Morgan fingerprint density at radius 3 is 2.59 bits per heavy atom. The van der Waals surface area contributed by atoms with Crippen LogP contribution in [0.3, 0.4) is 0 Å². The van der Waals surface area contributed by atoms with Crippen molar-refractivity contribution in [3.8, 4) is 11.5 Å². The highest BCUT2D eigenvalue weighted by molar-refractivity contribution is 6.31. The van der Waals surface area contributed by atoms with E-state index in [0.717, 1.165) is 18.2 Å². The highest BCUT2D eigenvalue weighted by atomic mass is 35.5. The van der Waals surface area contributed by atoms with Crippen LogP contribution >= 0.6 is 11.6 Å². The molecule has 1 amide bonds. The van der Waals surface area contributed by atoms with Gasteiger partial charge in [0.15, 0.2) is 11.6 Å². The van der Waals surface area contributed by atoms with Gasteiger partial charge in [-0.2, -0.15) is 28.1 Å². The number of rotatable bonds is 5. The fraction of sp³-hybridized carbons (Fsp3) is 0.158. The van der Waals surface area contributed by atoms with Crippen LogP contribution < -0.4 is 5.32 Å². The third kappa shape index (κ3) is 4.44. The molecule has 1 N–H and O–H groups in total. The monoisotopic (exact) mass is 462 g/mol. The second-order valence-corrected chi connectivity index (χ2v) is 7.10. The Labute approximate surface area is 183 Å². The van der Waals surface area contributed by atoms with E-state index >= 15 is 0 Å². The molecule has 0 spiro atoms. The third-order valence-electron chi connectivity index (χ3n) is 4.43. The molecule has 0 saturated carbocycles. The number of aromatic nitrogens is 7. The predicted octanol–water partition coefficient (Wildman–Crippen LogP) is 3.41. The highest BCUT2D eigenvalue weighted by Gasteiger charge is 2.32. The number of alkyl halides is 3. The van der Waals surface area contributed by atoms with Crippen LogP contribution in [0.15, 0.2) is 55.5 Å². The van der Waals surface area contributed by atoms with Crippen LogP contribution in [0.5, 0.6) is 0 Å². The largest absolute Gasteiger partial charge is 0.416 e. The molecule has 0 radical (unpaired) electrons. The lowest BCUT2D eigenvalue weighted by Crippen LogP contribution is -2.29. The summed E-state index contributed by atoms with van der Waals surface area (Å²) in [7, 11) is 0. The van der Waals surface area contributed by atoms with Crippen LogP contribution in [0, 0.1) is 0 Å². The molecule has 0 aliphatic rings. The average molecular weight is 463 g/mol. The molecule has 3 aromatic heterocycles. The molecule has 0 fully saturated rings. The molecule has 1 aromatic carbocycles. The number of carbonyl (C=O) groups excluding carboxylic acids is 1. The van der Waals surface area contributed by atoms with Crippen molar-refractivity contribution in [1.29, 1.82) is 0 Å². The molecule has 0 unspecified atom stereocenters. The number of pyridine rings is 1. The molecule has 164 valence electrons. The molecule has 1 atom stereocenters. The van der Waals surface area contributed by atoms with E-state index in [0.29, 0.717) is 17.3 Å². The van der Waals surface area contributed by atoms with Crippen molar-refractivity contribution in [3.05, 3.63) is 77.5 Å². The Morgan fingerprint density at radius 2 is 1.94 bits per heavy atom. The zero-order chi connectivity index (χ0) is 22.9. The molecule has 0 aliphatic carbocycles. The van der Waals surface area contributed by atoms with Crippen molar-refractivity contribution in [2.75, 3.05) is 0 Å². The molecule has 3 heterocycles. The van der Waals surface area contributed by atoms with E-state index in [1.807, 2.05) is 0 Å². The summed E-state index contributed by atoms with van der Waals surface area (Å²) < 4.78 is 42.0. The van der Waals surface area contributed by atoms with Crippen LogP contribution in [0.2, 0.25) is 5.02 Å². The zero-order valence-corrected chi connectivity index (χ0v) is 17.1. The lowest BCUT2D eigenvalue weighted by atomic mass is 10.1. The van der Waals surface area contributed by atoms with E-state index in [4.69, 9.17) is 11.6 Å². The summed E-state index contributed by atoms with van der Waals surface area (Å²) in [5, 5.41) is 10.6. The number of nitrogens with zero attached hydrogens (tertiary/aromatic N) is 7. The SMILES string of the molecule is C[C@H](NC(=O)c1cc(Cl)cc(C(F)(F)F)c1)c1ncnn1-c1ccc(-n2cncn2)cn1. The zero-order valence-electron chi connectivity index (χ0n) is 16.3. The van der Waals surface area contributed by atoms with Gasteiger partial charge in [0.25, 0.3) is 5.91 Å². The standard InChI is InChI=1S/C19H14ClF3N8O/c1-11(29-18(32)12-4-13(19(21,22)23)6-14(20)5-12)17-26-9-28-31(17)16-3-2-15(7-25-16)30-10-24-8-27-30/h2-11H,1H3,(H,29,32)/t11-/m0/s1. The van der Waals surface area contributed by atoms with Gasteiger partial charge in [-0.3, -0.25) is 4.79 Å². The smallest absolute Gasteiger partial charge is 0.342 e. The average Bonchev–Trinajstić information content (AvgIpc) is 3.45. The van der Waals surface area contributed by atoms with Gasteiger partial charge in [0.05, 0.1) is 23.5 Å². The minimum absolute atomic E-state index is 0.197. The summed E-state index contributed by atoms with van der Waals surface area (Å²) in [4.78, 5) is 24.9. The van der Waals surface area contributed by atoms with Crippen molar-refractivity contribution in [2.45, 2.75) is 19.1 Å². The lowest BCUT2D eigenvalue weighted by Gasteiger charge is -2.15. The fourth-order valence-electron chi connectivity index (χ4n) is 2.93. The number of carbonyl (C=O) groups is 1. The maximum atomic E-state index is 13.0. The van der Waals surface area contributed by atoms with Crippen LogP contribution in [0.25, 0.3) is 11.5 Å². The van der Waals surface area contributed by atoms with E-state index in [1.54, 1.807) is 25.3 Å². The van der Waals surface area contributed by atoms with Gasteiger partial charge in [0.1, 0.15) is 19.0 Å². The summed E-state index contributed by atoms with van der Waals surface area (Å²) >= 11 is 5.77. The first kappa shape index (κ1) is 21.4. The second kappa shape index (κ2) is 8.38. The Morgan fingerprint density at radius 1 is 1.12 bits per heavy atom. The predicted molar refractivity (Wildman–Crippen MR) is 106 cm³/mol. The first-order chi connectivity index (χ1) is 15.2. The van der Waals surface area contributed by atoms with E-state index in [9.17, 15) is 18.0 Å². The van der Waals surface area contributed by atoms with Gasteiger partial charge in [-0.05, 0) is 37.3 Å². The van der Waals surface area contributed by atoms with E-state index in [-0.39, 0.29) is 10.6 Å². The maximum absolute atomic E-state index is 13.0. The summed E-state index contributed by atoms with van der Waals surface area (Å²) in [5.41, 5.74) is -0.559. The minimum Gasteiger partial charge on any atom is -0.342 e. The number of amides is 1. The van der Waals surface area contributed by atoms with Gasteiger partial charge in [0.2, 0.25) is 0 Å². The normalized spacial score (nSPS) is 12.5. The topological polar surface area (TPSA) is 103 Å². The van der Waals surface area contributed by atoms with Gasteiger partial charge < -0.3 is 5.32 Å². The number of hydrogen-bond donors (Lipinski definition) is 1. The van der Waals surface area contributed by atoms with Crippen LogP contribution in [0.4, 0.5) is 13.2 Å². The first-order valence-corrected chi connectivity index (χ1v) is 9.50. The Bertz CT molecular complexity index is 1240. The Hall–Kier alpha value is -3.80. The molecule has 32 heavy (non-hydrogen) atoms. The van der Waals surface area contributed by atoms with Crippen LogP contribution in [-0.4, -0.2) is 40.4 Å². The van der Waals surface area contributed by atoms with Crippen molar-refractivity contribution in [3.63, 3.8) is 0 Å². The first-order valence-electron chi connectivity index (χ1n) is 9.12. The van der Waals surface area contributed by atoms with Crippen molar-refractivity contribution in [1.82, 2.24) is 39.8 Å². The quantitative estimate of drug-likeness (QED) is 0.487. The van der Waals surface area contributed by atoms with Gasteiger partial charge in [-0.25, -0.2) is 19.6 Å². The van der Waals surface area contributed by atoms with Crippen LogP contribution in [0.1, 0.15) is 34.7 Å². The molecule has 4 rings (SSSR count). The molecule has 0 bridgehead atoms. The third-order valence-corrected chi connectivity index (χ3v) is 4.65. The van der Waals surface area contributed by atoms with Gasteiger partial charge in [0, 0.05) is 10.6 Å². The number of benzene rings is 1. The molecule has 0 saturated heterocycles. The molecule has 13 heteroatoms.